The van der Waals surface area contributed by atoms with Crippen LogP contribution in [-0.2, 0) is 6.42 Å². The van der Waals surface area contributed by atoms with Crippen molar-refractivity contribution < 1.29 is 4.39 Å². The molecule has 148 valence electrons. The van der Waals surface area contributed by atoms with E-state index in [1.807, 2.05) is 23.2 Å². The van der Waals surface area contributed by atoms with Gasteiger partial charge in [0.05, 0.1) is 17.6 Å². The van der Waals surface area contributed by atoms with Crippen molar-refractivity contribution in [3.8, 4) is 5.69 Å². The van der Waals surface area contributed by atoms with Gasteiger partial charge in [-0.3, -0.25) is 0 Å². The summed E-state index contributed by atoms with van der Waals surface area (Å²) in [7, 11) is 0. The Bertz CT molecular complexity index is 1090. The predicted molar refractivity (Wildman–Crippen MR) is 114 cm³/mol. The van der Waals surface area contributed by atoms with Crippen LogP contribution in [0.4, 0.5) is 10.2 Å². The van der Waals surface area contributed by atoms with E-state index in [-0.39, 0.29) is 11.2 Å². The molecule has 1 aromatic carbocycles. The summed E-state index contributed by atoms with van der Waals surface area (Å²) >= 11 is 1.55. The number of benzene rings is 1. The summed E-state index contributed by atoms with van der Waals surface area (Å²) in [6.07, 6.45) is 11.1. The van der Waals surface area contributed by atoms with E-state index in [9.17, 15) is 4.39 Å². The van der Waals surface area contributed by atoms with Crippen molar-refractivity contribution in [3.63, 3.8) is 0 Å². The zero-order chi connectivity index (χ0) is 20.0. The van der Waals surface area contributed by atoms with Crippen molar-refractivity contribution in [2.24, 2.45) is 5.41 Å². The fourth-order valence-corrected chi connectivity index (χ4v) is 4.92. The van der Waals surface area contributed by atoms with E-state index in [0.717, 1.165) is 41.6 Å². The first-order chi connectivity index (χ1) is 14.1. The Hall–Kier alpha value is -2.67. The van der Waals surface area contributed by atoms with Crippen molar-refractivity contribution >= 4 is 23.7 Å². The molecule has 3 aromatic rings. The Labute approximate surface area is 173 Å². The average Bonchev–Trinajstić information content (AvgIpc) is 3.27. The minimum atomic E-state index is -0.236. The number of aromatic nitrogens is 4. The molecule has 2 aliphatic rings. The van der Waals surface area contributed by atoms with Gasteiger partial charge in [-0.2, -0.15) is 5.10 Å². The van der Waals surface area contributed by atoms with Crippen LogP contribution >= 0.6 is 11.8 Å². The Morgan fingerprint density at radius 1 is 1.24 bits per heavy atom. The van der Waals surface area contributed by atoms with E-state index in [0.29, 0.717) is 6.04 Å². The second kappa shape index (κ2) is 6.99. The number of hydrogen-bond acceptors (Lipinski definition) is 5. The SMILES string of the molecule is CSc1nccc(N[C@H]2CCC3=Cc4c(cnn4-c4ccc(F)cc4)C[C@@]32C)n1. The molecule has 0 amide bonds. The summed E-state index contributed by atoms with van der Waals surface area (Å²) in [6.45, 7) is 2.33. The normalized spacial score (nSPS) is 22.7. The highest BCUT2D eigenvalue weighted by atomic mass is 32.2. The monoisotopic (exact) mass is 407 g/mol. The van der Waals surface area contributed by atoms with Gasteiger partial charge in [0, 0.05) is 17.7 Å². The Balaban J connectivity index is 1.45. The predicted octanol–water partition coefficient (Wildman–Crippen LogP) is 4.74. The van der Waals surface area contributed by atoms with Crippen LogP contribution in [0.2, 0.25) is 0 Å². The summed E-state index contributed by atoms with van der Waals surface area (Å²) < 4.78 is 15.2. The minimum Gasteiger partial charge on any atom is -0.366 e. The van der Waals surface area contributed by atoms with E-state index >= 15 is 0 Å². The molecule has 1 N–H and O–H groups in total. The van der Waals surface area contributed by atoms with E-state index in [1.54, 1.807) is 30.1 Å². The second-order valence-electron chi connectivity index (χ2n) is 7.87. The van der Waals surface area contributed by atoms with Crippen LogP contribution in [0.3, 0.4) is 0 Å². The molecule has 29 heavy (non-hydrogen) atoms. The smallest absolute Gasteiger partial charge is 0.189 e. The van der Waals surface area contributed by atoms with Crippen molar-refractivity contribution in [3.05, 3.63) is 65.4 Å². The number of rotatable bonds is 4. The van der Waals surface area contributed by atoms with Gasteiger partial charge in [-0.15, -0.1) is 0 Å². The number of anilines is 1. The lowest BCUT2D eigenvalue weighted by Crippen LogP contribution is -2.38. The molecule has 1 fully saturated rings. The summed E-state index contributed by atoms with van der Waals surface area (Å²) in [6, 6.07) is 8.73. The van der Waals surface area contributed by atoms with E-state index in [1.165, 1.54) is 23.3 Å². The van der Waals surface area contributed by atoms with Crippen molar-refractivity contribution in [1.82, 2.24) is 19.7 Å². The van der Waals surface area contributed by atoms with Gasteiger partial charge >= 0.3 is 0 Å². The standard InChI is InChI=1S/C22H22FN5S/c1-22-12-14-13-25-28(17-6-4-16(23)5-7-17)18(14)11-15(22)3-8-19(22)26-20-9-10-24-21(27-20)29-2/h4-7,9-11,13,19H,3,8,12H2,1-2H3,(H,24,26,27)/t19-,22-/m0/s1. The lowest BCUT2D eigenvalue weighted by Gasteiger charge is -2.36. The van der Waals surface area contributed by atoms with E-state index < -0.39 is 0 Å². The van der Waals surface area contributed by atoms with Crippen molar-refractivity contribution in [2.75, 3.05) is 11.6 Å². The van der Waals surface area contributed by atoms with E-state index in [2.05, 4.69) is 33.4 Å². The quantitative estimate of drug-likeness (QED) is 0.500. The van der Waals surface area contributed by atoms with Crippen LogP contribution in [0.15, 0.2) is 53.5 Å². The van der Waals surface area contributed by atoms with Crippen molar-refractivity contribution in [2.45, 2.75) is 37.4 Å². The number of halogens is 1. The molecule has 0 aliphatic heterocycles. The lowest BCUT2D eigenvalue weighted by molar-refractivity contribution is 0.367. The number of fused-ring (bicyclic) bond motifs is 2. The van der Waals surface area contributed by atoms with Gasteiger partial charge in [0.2, 0.25) is 0 Å². The first-order valence-corrected chi connectivity index (χ1v) is 11.0. The van der Waals surface area contributed by atoms with E-state index in [4.69, 9.17) is 0 Å². The van der Waals surface area contributed by atoms with Crippen LogP contribution in [0.5, 0.6) is 0 Å². The third-order valence-corrected chi connectivity index (χ3v) is 6.73. The molecule has 2 heterocycles. The number of nitrogens with zero attached hydrogens (tertiary/aromatic N) is 4. The lowest BCUT2D eigenvalue weighted by atomic mass is 9.73. The molecule has 0 bridgehead atoms. The zero-order valence-corrected chi connectivity index (χ0v) is 17.2. The molecule has 2 aromatic heterocycles. The average molecular weight is 408 g/mol. The molecular formula is C22H22FN5S. The molecule has 0 spiro atoms. The molecule has 0 unspecified atom stereocenters. The van der Waals surface area contributed by atoms with Crippen LogP contribution in [0.1, 0.15) is 31.0 Å². The molecule has 1 saturated carbocycles. The topological polar surface area (TPSA) is 55.6 Å². The Morgan fingerprint density at radius 2 is 2.07 bits per heavy atom. The third kappa shape index (κ3) is 3.13. The summed E-state index contributed by atoms with van der Waals surface area (Å²) in [5.74, 6) is 0.643. The third-order valence-electron chi connectivity index (χ3n) is 6.17. The maximum Gasteiger partial charge on any atom is 0.189 e. The van der Waals surface area contributed by atoms with Gasteiger partial charge in [0.15, 0.2) is 5.16 Å². The molecule has 2 atom stereocenters. The Morgan fingerprint density at radius 3 is 2.86 bits per heavy atom. The largest absolute Gasteiger partial charge is 0.366 e. The molecule has 0 saturated heterocycles. The van der Waals surface area contributed by atoms with Crippen LogP contribution in [-0.4, -0.2) is 32.0 Å². The summed E-state index contributed by atoms with van der Waals surface area (Å²) in [4.78, 5) is 8.86. The molecule has 5 nitrogen and oxygen atoms in total. The summed E-state index contributed by atoms with van der Waals surface area (Å²) in [5.41, 5.74) is 4.67. The molecule has 0 radical (unpaired) electrons. The minimum absolute atomic E-state index is 0.0220. The number of nitrogens with one attached hydrogen (secondary N) is 1. The first kappa shape index (κ1) is 18.4. The number of hydrogen-bond donors (Lipinski definition) is 1. The fraction of sp³-hybridized carbons (Fsp3) is 0.318. The zero-order valence-electron chi connectivity index (χ0n) is 16.4. The van der Waals surface area contributed by atoms with Gasteiger partial charge < -0.3 is 5.32 Å². The van der Waals surface area contributed by atoms with Gasteiger partial charge in [-0.05, 0) is 67.5 Å². The van der Waals surface area contributed by atoms with Crippen LogP contribution < -0.4 is 5.32 Å². The molecule has 7 heteroatoms. The van der Waals surface area contributed by atoms with Crippen LogP contribution in [0.25, 0.3) is 11.8 Å². The summed E-state index contributed by atoms with van der Waals surface area (Å²) in [5, 5.41) is 9.03. The highest BCUT2D eigenvalue weighted by molar-refractivity contribution is 7.98. The van der Waals surface area contributed by atoms with Gasteiger partial charge in [-0.1, -0.05) is 24.3 Å². The maximum absolute atomic E-state index is 13.3. The number of thioether (sulfide) groups is 1. The fourth-order valence-electron chi connectivity index (χ4n) is 4.56. The van der Waals surface area contributed by atoms with Gasteiger partial charge in [0.1, 0.15) is 11.6 Å². The maximum atomic E-state index is 13.3. The highest BCUT2D eigenvalue weighted by Gasteiger charge is 2.45. The Kier molecular flexibility index (Phi) is 4.42. The molecular weight excluding hydrogens is 385 g/mol. The van der Waals surface area contributed by atoms with Crippen LogP contribution in [0, 0.1) is 11.2 Å². The van der Waals surface area contributed by atoms with Crippen molar-refractivity contribution in [1.29, 1.82) is 0 Å². The second-order valence-corrected chi connectivity index (χ2v) is 8.64. The van der Waals surface area contributed by atoms with Gasteiger partial charge in [-0.25, -0.2) is 19.0 Å². The molecule has 2 aliphatic carbocycles. The molecule has 5 rings (SSSR count). The van der Waals surface area contributed by atoms with Gasteiger partial charge in [0.25, 0.3) is 0 Å². The highest BCUT2D eigenvalue weighted by Crippen LogP contribution is 2.50. The first-order valence-electron chi connectivity index (χ1n) is 9.74.